The lowest BCUT2D eigenvalue weighted by molar-refractivity contribution is 0.248. The molecule has 1 atom stereocenters. The summed E-state index contributed by atoms with van der Waals surface area (Å²) in [6.45, 7) is 6.15. The molecule has 1 fully saturated rings. The SMILES string of the molecule is COc1ccc(S(=O)(=O)NCC(C)N(C)C2CC2)c(C)c1C. The molecule has 5 nitrogen and oxygen atoms in total. The summed E-state index contributed by atoms with van der Waals surface area (Å²) in [5, 5.41) is 0. The van der Waals surface area contributed by atoms with Crippen LogP contribution in [0, 0.1) is 13.8 Å². The molecule has 2 rings (SSSR count). The summed E-state index contributed by atoms with van der Waals surface area (Å²) in [5.74, 6) is 0.707. The molecule has 1 N–H and O–H groups in total. The van der Waals surface area contributed by atoms with Crippen LogP contribution in [-0.2, 0) is 10.0 Å². The van der Waals surface area contributed by atoms with Gasteiger partial charge in [0.25, 0.3) is 0 Å². The van der Waals surface area contributed by atoms with Gasteiger partial charge in [-0.25, -0.2) is 13.1 Å². The van der Waals surface area contributed by atoms with E-state index in [0.717, 1.165) is 11.1 Å². The van der Waals surface area contributed by atoms with E-state index in [0.29, 0.717) is 23.2 Å². The van der Waals surface area contributed by atoms with Gasteiger partial charge >= 0.3 is 0 Å². The molecule has 1 unspecified atom stereocenters. The zero-order valence-corrected chi connectivity index (χ0v) is 14.8. The van der Waals surface area contributed by atoms with E-state index in [-0.39, 0.29) is 6.04 Å². The number of ether oxygens (including phenoxy) is 1. The molecule has 1 saturated carbocycles. The number of likely N-dealkylation sites (N-methyl/N-ethyl adjacent to an activating group) is 1. The zero-order chi connectivity index (χ0) is 16.5. The number of hydrogen-bond acceptors (Lipinski definition) is 4. The normalized spacial score (nSPS) is 16.8. The number of rotatable bonds is 7. The van der Waals surface area contributed by atoms with Crippen LogP contribution in [0.3, 0.4) is 0 Å². The quantitative estimate of drug-likeness (QED) is 0.833. The molecule has 0 amide bonds. The fraction of sp³-hybridized carbons (Fsp3) is 0.625. The highest BCUT2D eigenvalue weighted by Gasteiger charge is 2.30. The minimum absolute atomic E-state index is 0.182. The number of nitrogens with zero attached hydrogens (tertiary/aromatic N) is 1. The molecule has 0 spiro atoms. The second-order valence-electron chi connectivity index (χ2n) is 6.11. The third-order valence-electron chi connectivity index (χ3n) is 4.58. The van der Waals surface area contributed by atoms with E-state index in [4.69, 9.17) is 4.74 Å². The van der Waals surface area contributed by atoms with Crippen molar-refractivity contribution in [2.45, 2.75) is 50.6 Å². The Morgan fingerprint density at radius 2 is 1.95 bits per heavy atom. The van der Waals surface area contributed by atoms with E-state index in [1.54, 1.807) is 19.2 Å². The second-order valence-corrected chi connectivity index (χ2v) is 7.85. The predicted octanol–water partition coefficient (Wildman–Crippen LogP) is 2.07. The van der Waals surface area contributed by atoms with Gasteiger partial charge in [0.1, 0.15) is 5.75 Å². The summed E-state index contributed by atoms with van der Waals surface area (Å²) >= 11 is 0. The van der Waals surface area contributed by atoms with E-state index in [1.807, 2.05) is 20.8 Å². The largest absolute Gasteiger partial charge is 0.496 e. The van der Waals surface area contributed by atoms with Crippen molar-refractivity contribution in [1.29, 1.82) is 0 Å². The first-order chi connectivity index (χ1) is 10.3. The topological polar surface area (TPSA) is 58.6 Å². The van der Waals surface area contributed by atoms with Crippen LogP contribution in [0.5, 0.6) is 5.75 Å². The van der Waals surface area contributed by atoms with E-state index in [2.05, 4.69) is 16.7 Å². The van der Waals surface area contributed by atoms with Gasteiger partial charge < -0.3 is 4.74 Å². The van der Waals surface area contributed by atoms with E-state index in [9.17, 15) is 8.42 Å². The van der Waals surface area contributed by atoms with Crippen LogP contribution in [0.4, 0.5) is 0 Å². The monoisotopic (exact) mass is 326 g/mol. The molecule has 0 saturated heterocycles. The lowest BCUT2D eigenvalue weighted by Gasteiger charge is -2.24. The molecule has 0 bridgehead atoms. The third-order valence-corrected chi connectivity index (χ3v) is 6.15. The number of sulfonamides is 1. The summed E-state index contributed by atoms with van der Waals surface area (Å²) in [7, 11) is 0.137. The maximum atomic E-state index is 12.5. The molecule has 0 heterocycles. The highest BCUT2D eigenvalue weighted by Crippen LogP contribution is 2.28. The fourth-order valence-electron chi connectivity index (χ4n) is 2.58. The van der Waals surface area contributed by atoms with Crippen LogP contribution in [-0.4, -0.2) is 46.1 Å². The number of hydrogen-bond donors (Lipinski definition) is 1. The predicted molar refractivity (Wildman–Crippen MR) is 87.9 cm³/mol. The van der Waals surface area contributed by atoms with Crippen LogP contribution >= 0.6 is 0 Å². The van der Waals surface area contributed by atoms with E-state index >= 15 is 0 Å². The van der Waals surface area contributed by atoms with Gasteiger partial charge in [-0.15, -0.1) is 0 Å². The van der Waals surface area contributed by atoms with Gasteiger partial charge in [-0.05, 0) is 63.9 Å². The van der Waals surface area contributed by atoms with Crippen LogP contribution in [0.2, 0.25) is 0 Å². The number of benzene rings is 1. The van der Waals surface area contributed by atoms with Gasteiger partial charge in [-0.1, -0.05) is 0 Å². The zero-order valence-electron chi connectivity index (χ0n) is 14.0. The Hall–Kier alpha value is -1.11. The molecule has 124 valence electrons. The highest BCUT2D eigenvalue weighted by atomic mass is 32.2. The summed E-state index contributed by atoms with van der Waals surface area (Å²) < 4.78 is 33.1. The Kier molecular flexibility index (Phi) is 5.14. The van der Waals surface area contributed by atoms with E-state index in [1.165, 1.54) is 12.8 Å². The van der Waals surface area contributed by atoms with Gasteiger partial charge in [0.2, 0.25) is 10.0 Å². The molecule has 6 heteroatoms. The number of nitrogens with one attached hydrogen (secondary N) is 1. The molecule has 0 aliphatic heterocycles. The van der Waals surface area contributed by atoms with Gasteiger partial charge in [0.15, 0.2) is 0 Å². The molecule has 1 aromatic rings. The summed E-state index contributed by atoms with van der Waals surface area (Å²) in [4.78, 5) is 2.57. The average Bonchev–Trinajstić information content (AvgIpc) is 3.31. The van der Waals surface area contributed by atoms with Crippen molar-refractivity contribution in [2.24, 2.45) is 0 Å². The molecule has 1 aliphatic rings. The number of methoxy groups -OCH3 is 1. The molecule has 0 radical (unpaired) electrons. The molecule has 1 aliphatic carbocycles. The smallest absolute Gasteiger partial charge is 0.240 e. The van der Waals surface area contributed by atoms with Gasteiger partial charge in [-0.3, -0.25) is 4.90 Å². The summed E-state index contributed by atoms with van der Waals surface area (Å²) in [6.07, 6.45) is 2.43. The standard InChI is InChI=1S/C16H26N2O3S/c1-11(18(4)14-6-7-14)10-17-22(19,20)16-9-8-15(21-5)12(2)13(16)3/h8-9,11,14,17H,6-7,10H2,1-5H3. The first kappa shape index (κ1) is 17.2. The van der Waals surface area contributed by atoms with Crippen LogP contribution in [0.15, 0.2) is 17.0 Å². The van der Waals surface area contributed by atoms with Crippen molar-refractivity contribution in [3.05, 3.63) is 23.3 Å². The second kappa shape index (κ2) is 6.56. The minimum Gasteiger partial charge on any atom is -0.496 e. The van der Waals surface area contributed by atoms with Crippen LogP contribution < -0.4 is 9.46 Å². The summed E-state index contributed by atoms with van der Waals surface area (Å²) in [5.41, 5.74) is 1.59. The Morgan fingerprint density at radius 3 is 2.50 bits per heavy atom. The maximum Gasteiger partial charge on any atom is 0.240 e. The van der Waals surface area contributed by atoms with Crippen molar-refractivity contribution in [2.75, 3.05) is 20.7 Å². The molecular formula is C16H26N2O3S. The Morgan fingerprint density at radius 1 is 1.32 bits per heavy atom. The molecule has 22 heavy (non-hydrogen) atoms. The van der Waals surface area contributed by atoms with Crippen molar-refractivity contribution in [3.8, 4) is 5.75 Å². The van der Waals surface area contributed by atoms with Crippen molar-refractivity contribution < 1.29 is 13.2 Å². The fourth-order valence-corrected chi connectivity index (χ4v) is 4.00. The van der Waals surface area contributed by atoms with Crippen molar-refractivity contribution in [1.82, 2.24) is 9.62 Å². The Labute approximate surface area is 133 Å². The van der Waals surface area contributed by atoms with E-state index < -0.39 is 10.0 Å². The van der Waals surface area contributed by atoms with Crippen molar-refractivity contribution in [3.63, 3.8) is 0 Å². The molecule has 0 aromatic heterocycles. The first-order valence-corrected chi connectivity index (χ1v) is 9.12. The minimum atomic E-state index is -3.50. The van der Waals surface area contributed by atoms with Crippen molar-refractivity contribution >= 4 is 10.0 Å². The average molecular weight is 326 g/mol. The van der Waals surface area contributed by atoms with Gasteiger partial charge in [0, 0.05) is 18.6 Å². The highest BCUT2D eigenvalue weighted by molar-refractivity contribution is 7.89. The Balaban J connectivity index is 2.11. The first-order valence-electron chi connectivity index (χ1n) is 7.63. The van der Waals surface area contributed by atoms with Crippen LogP contribution in [0.25, 0.3) is 0 Å². The van der Waals surface area contributed by atoms with Gasteiger partial charge in [-0.2, -0.15) is 0 Å². The lowest BCUT2D eigenvalue weighted by atomic mass is 10.1. The summed E-state index contributed by atoms with van der Waals surface area (Å²) in [6, 6.07) is 4.11. The third kappa shape index (κ3) is 3.62. The van der Waals surface area contributed by atoms with Crippen LogP contribution in [0.1, 0.15) is 30.9 Å². The lowest BCUT2D eigenvalue weighted by Crippen LogP contribution is -2.41. The Bertz CT molecular complexity index is 639. The van der Waals surface area contributed by atoms with Gasteiger partial charge in [0.05, 0.1) is 12.0 Å². The molecule has 1 aromatic carbocycles. The molecular weight excluding hydrogens is 300 g/mol. The maximum absolute atomic E-state index is 12.5.